The van der Waals surface area contributed by atoms with Crippen LogP contribution in [0.25, 0.3) is 0 Å². The second-order valence-corrected chi connectivity index (χ2v) is 5.00. The molecular weight excluding hydrogens is 278 g/mol. The molecule has 1 amide bonds. The predicted octanol–water partition coefficient (Wildman–Crippen LogP) is 2.35. The van der Waals surface area contributed by atoms with E-state index in [0.717, 1.165) is 9.79 Å². The van der Waals surface area contributed by atoms with E-state index in [2.05, 4.69) is 5.43 Å². The summed E-state index contributed by atoms with van der Waals surface area (Å²) in [7, 11) is 0. The quantitative estimate of drug-likeness (QED) is 0.389. The van der Waals surface area contributed by atoms with Crippen molar-refractivity contribution in [3.05, 3.63) is 64.2 Å². The molecule has 102 valence electrons. The minimum Gasteiger partial charge on any atom is -0.290 e. The van der Waals surface area contributed by atoms with Crippen LogP contribution in [-0.4, -0.2) is 10.8 Å². The second kappa shape index (κ2) is 6.18. The van der Waals surface area contributed by atoms with E-state index in [0.29, 0.717) is 5.56 Å². The second-order valence-electron chi connectivity index (χ2n) is 3.85. The molecule has 2 aromatic rings. The Kier molecular flexibility index (Phi) is 4.34. The average Bonchev–Trinajstić information content (AvgIpc) is 2.48. The van der Waals surface area contributed by atoms with Crippen LogP contribution >= 0.6 is 11.8 Å². The molecule has 0 heterocycles. The highest BCUT2D eigenvalue weighted by Crippen LogP contribution is 2.29. The van der Waals surface area contributed by atoms with Crippen molar-refractivity contribution in [3.63, 3.8) is 0 Å². The molecule has 0 radical (unpaired) electrons. The fourth-order valence-electron chi connectivity index (χ4n) is 1.53. The third-order valence-corrected chi connectivity index (χ3v) is 3.55. The number of non-ortho nitro benzene ring substituents is 1. The number of rotatable bonds is 4. The van der Waals surface area contributed by atoms with Crippen LogP contribution in [0, 0.1) is 10.1 Å². The van der Waals surface area contributed by atoms with E-state index < -0.39 is 4.92 Å². The van der Waals surface area contributed by atoms with Crippen LogP contribution in [0.2, 0.25) is 0 Å². The van der Waals surface area contributed by atoms with Gasteiger partial charge in [0.25, 0.3) is 11.6 Å². The minimum absolute atomic E-state index is 0.0596. The molecule has 20 heavy (non-hydrogen) atoms. The highest BCUT2D eigenvalue weighted by atomic mass is 32.2. The molecule has 0 spiro atoms. The molecule has 7 heteroatoms. The predicted molar refractivity (Wildman–Crippen MR) is 75.3 cm³/mol. The van der Waals surface area contributed by atoms with E-state index in [9.17, 15) is 14.9 Å². The SMILES string of the molecule is NNC(=O)c1ccc(Sc2ccc([N+](=O)[O-])cc2)cc1. The van der Waals surface area contributed by atoms with Gasteiger partial charge >= 0.3 is 0 Å². The molecule has 0 unspecified atom stereocenters. The molecule has 0 bridgehead atoms. The number of hydrogen-bond donors (Lipinski definition) is 2. The van der Waals surface area contributed by atoms with Gasteiger partial charge in [0.05, 0.1) is 4.92 Å². The maximum absolute atomic E-state index is 11.3. The van der Waals surface area contributed by atoms with Crippen molar-refractivity contribution in [1.29, 1.82) is 0 Å². The number of amides is 1. The van der Waals surface area contributed by atoms with Crippen LogP contribution in [-0.2, 0) is 0 Å². The van der Waals surface area contributed by atoms with E-state index in [1.807, 2.05) is 0 Å². The largest absolute Gasteiger partial charge is 0.290 e. The van der Waals surface area contributed by atoms with Crippen molar-refractivity contribution < 1.29 is 9.72 Å². The third kappa shape index (κ3) is 3.34. The number of nitro benzene ring substituents is 1. The van der Waals surface area contributed by atoms with Gasteiger partial charge in [-0.2, -0.15) is 0 Å². The summed E-state index contributed by atoms with van der Waals surface area (Å²) in [5.41, 5.74) is 2.59. The number of benzene rings is 2. The summed E-state index contributed by atoms with van der Waals surface area (Å²) < 4.78 is 0. The van der Waals surface area contributed by atoms with E-state index in [1.54, 1.807) is 36.4 Å². The lowest BCUT2D eigenvalue weighted by atomic mass is 10.2. The Morgan fingerprint density at radius 2 is 1.55 bits per heavy atom. The van der Waals surface area contributed by atoms with E-state index in [-0.39, 0.29) is 11.6 Å². The number of hydrazine groups is 1. The molecule has 2 rings (SSSR count). The first-order valence-corrected chi connectivity index (χ1v) is 6.45. The monoisotopic (exact) mass is 289 g/mol. The number of nitrogen functional groups attached to an aromatic ring is 1. The summed E-state index contributed by atoms with van der Waals surface area (Å²) in [6.07, 6.45) is 0. The number of carbonyl (C=O) groups excluding carboxylic acids is 1. The molecular formula is C13H11N3O3S. The molecule has 2 aromatic carbocycles. The molecule has 0 aliphatic rings. The first kappa shape index (κ1) is 14.0. The smallest absolute Gasteiger partial charge is 0.269 e. The molecule has 0 aromatic heterocycles. The van der Waals surface area contributed by atoms with Crippen molar-refractivity contribution in [1.82, 2.24) is 5.43 Å². The standard InChI is InChI=1S/C13H11N3O3S/c14-15-13(17)9-1-5-11(6-2-9)20-12-7-3-10(4-8-12)16(18)19/h1-8H,14H2,(H,15,17). The molecule has 6 nitrogen and oxygen atoms in total. The number of carbonyl (C=O) groups is 1. The summed E-state index contributed by atoms with van der Waals surface area (Å²) in [6.45, 7) is 0. The summed E-state index contributed by atoms with van der Waals surface area (Å²) in [5, 5.41) is 10.6. The lowest BCUT2D eigenvalue weighted by Gasteiger charge is -2.03. The van der Waals surface area contributed by atoms with Crippen LogP contribution in [0.5, 0.6) is 0 Å². The van der Waals surface area contributed by atoms with Crippen LogP contribution in [0.4, 0.5) is 5.69 Å². The Hall–Kier alpha value is -2.38. The number of nitrogens with zero attached hydrogens (tertiary/aromatic N) is 1. The Balaban J connectivity index is 2.10. The van der Waals surface area contributed by atoms with E-state index >= 15 is 0 Å². The van der Waals surface area contributed by atoms with Crippen molar-refractivity contribution in [2.24, 2.45) is 5.84 Å². The van der Waals surface area contributed by atoms with E-state index in [4.69, 9.17) is 5.84 Å². The topological polar surface area (TPSA) is 98.3 Å². The van der Waals surface area contributed by atoms with Crippen molar-refractivity contribution in [3.8, 4) is 0 Å². The summed E-state index contributed by atoms with van der Waals surface area (Å²) in [5.74, 6) is 4.69. The van der Waals surface area contributed by atoms with Crippen molar-refractivity contribution in [2.75, 3.05) is 0 Å². The van der Waals surface area contributed by atoms with E-state index in [1.165, 1.54) is 23.9 Å². The minimum atomic E-state index is -0.436. The molecule has 0 saturated heterocycles. The molecule has 0 aliphatic carbocycles. The van der Waals surface area contributed by atoms with Crippen LogP contribution in [0.1, 0.15) is 10.4 Å². The average molecular weight is 289 g/mol. The Bertz CT molecular complexity index is 626. The zero-order valence-electron chi connectivity index (χ0n) is 10.3. The highest BCUT2D eigenvalue weighted by Gasteiger charge is 2.06. The first-order valence-electron chi connectivity index (χ1n) is 5.63. The maximum Gasteiger partial charge on any atom is 0.269 e. The normalized spacial score (nSPS) is 10.1. The number of nitrogens with two attached hydrogens (primary N) is 1. The number of nitrogens with one attached hydrogen (secondary N) is 1. The van der Waals surface area contributed by atoms with Gasteiger partial charge in [-0.25, -0.2) is 5.84 Å². The molecule has 0 fully saturated rings. The number of hydrogen-bond acceptors (Lipinski definition) is 5. The third-order valence-electron chi connectivity index (χ3n) is 2.53. The number of nitro groups is 1. The summed E-state index contributed by atoms with van der Waals surface area (Å²) in [4.78, 5) is 23.2. The zero-order valence-corrected chi connectivity index (χ0v) is 11.1. The highest BCUT2D eigenvalue weighted by molar-refractivity contribution is 7.99. The lowest BCUT2D eigenvalue weighted by molar-refractivity contribution is -0.384. The molecule has 0 atom stereocenters. The maximum atomic E-state index is 11.3. The van der Waals surface area contributed by atoms with Gasteiger partial charge < -0.3 is 0 Å². The van der Waals surface area contributed by atoms with Gasteiger partial charge in [0, 0.05) is 27.5 Å². The van der Waals surface area contributed by atoms with Gasteiger partial charge in [-0.15, -0.1) is 0 Å². The van der Waals surface area contributed by atoms with Gasteiger partial charge in [0.15, 0.2) is 0 Å². The first-order chi connectivity index (χ1) is 9.60. The van der Waals surface area contributed by atoms with Gasteiger partial charge in [-0.05, 0) is 36.4 Å². The molecule has 3 N–H and O–H groups in total. The van der Waals surface area contributed by atoms with Gasteiger partial charge in [-0.3, -0.25) is 20.3 Å². The van der Waals surface area contributed by atoms with Gasteiger partial charge in [0.1, 0.15) is 0 Å². The van der Waals surface area contributed by atoms with Crippen LogP contribution in [0.15, 0.2) is 58.3 Å². The Morgan fingerprint density at radius 1 is 1.05 bits per heavy atom. The van der Waals surface area contributed by atoms with Crippen LogP contribution in [0.3, 0.4) is 0 Å². The summed E-state index contributed by atoms with van der Waals surface area (Å²) >= 11 is 1.45. The molecule has 0 saturated carbocycles. The van der Waals surface area contributed by atoms with Gasteiger partial charge in [-0.1, -0.05) is 11.8 Å². The Morgan fingerprint density at radius 3 is 2.00 bits per heavy atom. The van der Waals surface area contributed by atoms with Crippen molar-refractivity contribution in [2.45, 2.75) is 9.79 Å². The lowest BCUT2D eigenvalue weighted by Crippen LogP contribution is -2.29. The van der Waals surface area contributed by atoms with Gasteiger partial charge in [0.2, 0.25) is 0 Å². The fraction of sp³-hybridized carbons (Fsp3) is 0. The zero-order chi connectivity index (χ0) is 14.5. The van der Waals surface area contributed by atoms with Crippen molar-refractivity contribution >= 4 is 23.4 Å². The summed E-state index contributed by atoms with van der Waals surface area (Å²) in [6, 6.07) is 13.2. The van der Waals surface area contributed by atoms with Crippen LogP contribution < -0.4 is 11.3 Å². The fourth-order valence-corrected chi connectivity index (χ4v) is 2.35. The molecule has 0 aliphatic heterocycles. The Labute approximate surface area is 119 Å².